The summed E-state index contributed by atoms with van der Waals surface area (Å²) in [5.41, 5.74) is 1.41. The van der Waals surface area contributed by atoms with Crippen LogP contribution >= 0.6 is 11.6 Å². The molecule has 0 bridgehead atoms. The van der Waals surface area contributed by atoms with Crippen molar-refractivity contribution in [1.82, 2.24) is 5.32 Å². The van der Waals surface area contributed by atoms with Gasteiger partial charge in [0.05, 0.1) is 21.7 Å². The number of hydrogen-bond acceptors (Lipinski definition) is 4. The quantitative estimate of drug-likeness (QED) is 0.505. The summed E-state index contributed by atoms with van der Waals surface area (Å²) in [5, 5.41) is 2.95. The van der Waals surface area contributed by atoms with Crippen LogP contribution in [0.2, 0.25) is 5.02 Å². The minimum atomic E-state index is -3.77. The van der Waals surface area contributed by atoms with Crippen LogP contribution in [-0.2, 0) is 16.6 Å². The van der Waals surface area contributed by atoms with E-state index in [-0.39, 0.29) is 27.6 Å². The lowest BCUT2D eigenvalue weighted by Gasteiger charge is -2.12. The fraction of sp³-hybridized carbons (Fsp3) is 0.174. The molecule has 0 heterocycles. The molecule has 0 unspecified atom stereocenters. The fourth-order valence-electron chi connectivity index (χ4n) is 2.83. The third-order valence-corrected chi connectivity index (χ3v) is 5.95. The number of nitrogens with one attached hydrogen (secondary N) is 2. The third kappa shape index (κ3) is 6.23. The molecule has 0 aromatic heterocycles. The van der Waals surface area contributed by atoms with Crippen molar-refractivity contribution in [3.05, 3.63) is 88.9 Å². The monoisotopic (exact) mass is 458 g/mol. The van der Waals surface area contributed by atoms with Gasteiger partial charge in [0, 0.05) is 12.1 Å². The lowest BCUT2D eigenvalue weighted by atomic mass is 10.1. The highest BCUT2D eigenvalue weighted by molar-refractivity contribution is 7.92. The van der Waals surface area contributed by atoms with Crippen molar-refractivity contribution in [2.24, 2.45) is 0 Å². The van der Waals surface area contributed by atoms with Crippen molar-refractivity contribution in [1.29, 1.82) is 0 Å². The summed E-state index contributed by atoms with van der Waals surface area (Å²) in [6.07, 6.45) is 0.0600. The first-order chi connectivity index (χ1) is 14.7. The number of hydrogen-bond donors (Lipinski definition) is 2. The first kappa shape index (κ1) is 22.7. The summed E-state index contributed by atoms with van der Waals surface area (Å²) < 4.78 is 33.0. The van der Waals surface area contributed by atoms with Crippen LogP contribution in [0.1, 0.15) is 29.8 Å². The summed E-state index contributed by atoms with van der Waals surface area (Å²) in [7, 11) is -3.77. The number of halogens is 1. The topological polar surface area (TPSA) is 84.5 Å². The van der Waals surface area contributed by atoms with Crippen LogP contribution in [0.25, 0.3) is 0 Å². The Morgan fingerprint density at radius 1 is 1.00 bits per heavy atom. The number of benzene rings is 3. The van der Waals surface area contributed by atoms with E-state index in [1.807, 2.05) is 38.1 Å². The van der Waals surface area contributed by atoms with E-state index in [1.54, 1.807) is 18.2 Å². The SMILES string of the molecule is CC(C)Oc1cccc(CNC(=O)c2ccc(NS(=O)(=O)c3ccccc3)c(Cl)c2)c1. The van der Waals surface area contributed by atoms with Gasteiger partial charge in [-0.2, -0.15) is 0 Å². The number of sulfonamides is 1. The largest absolute Gasteiger partial charge is 0.491 e. The van der Waals surface area contributed by atoms with E-state index in [9.17, 15) is 13.2 Å². The van der Waals surface area contributed by atoms with Crippen LogP contribution in [0, 0.1) is 0 Å². The second kappa shape index (κ2) is 9.85. The molecule has 0 aliphatic carbocycles. The van der Waals surface area contributed by atoms with E-state index in [0.29, 0.717) is 12.1 Å². The average molecular weight is 459 g/mol. The van der Waals surface area contributed by atoms with Gasteiger partial charge < -0.3 is 10.1 Å². The summed E-state index contributed by atoms with van der Waals surface area (Å²) in [6.45, 7) is 4.21. The molecule has 0 fully saturated rings. The van der Waals surface area contributed by atoms with E-state index < -0.39 is 10.0 Å². The normalized spacial score (nSPS) is 11.2. The van der Waals surface area contributed by atoms with Gasteiger partial charge in [-0.3, -0.25) is 9.52 Å². The van der Waals surface area contributed by atoms with Crippen LogP contribution in [0.15, 0.2) is 77.7 Å². The zero-order valence-electron chi connectivity index (χ0n) is 17.1. The molecule has 31 heavy (non-hydrogen) atoms. The number of rotatable bonds is 8. The van der Waals surface area contributed by atoms with E-state index in [2.05, 4.69) is 10.0 Å². The Morgan fingerprint density at radius 3 is 2.42 bits per heavy atom. The fourth-order valence-corrected chi connectivity index (χ4v) is 4.21. The van der Waals surface area contributed by atoms with E-state index in [4.69, 9.17) is 16.3 Å². The van der Waals surface area contributed by atoms with Crippen molar-refractivity contribution < 1.29 is 17.9 Å². The predicted octanol–water partition coefficient (Wildman–Crippen LogP) is 4.86. The molecule has 0 aliphatic heterocycles. The zero-order chi connectivity index (χ0) is 22.4. The molecule has 2 N–H and O–H groups in total. The molecule has 0 spiro atoms. The van der Waals surface area contributed by atoms with Crippen LogP contribution in [0.4, 0.5) is 5.69 Å². The minimum absolute atomic E-state index is 0.0600. The Morgan fingerprint density at radius 2 is 1.74 bits per heavy atom. The molecule has 0 atom stereocenters. The Balaban J connectivity index is 1.66. The smallest absolute Gasteiger partial charge is 0.261 e. The van der Waals surface area contributed by atoms with Crippen molar-refractivity contribution >= 4 is 33.2 Å². The minimum Gasteiger partial charge on any atom is -0.491 e. The molecule has 3 rings (SSSR count). The van der Waals surface area contributed by atoms with E-state index in [0.717, 1.165) is 11.3 Å². The molecule has 3 aromatic rings. The van der Waals surface area contributed by atoms with Crippen molar-refractivity contribution in [2.45, 2.75) is 31.4 Å². The maximum atomic E-state index is 12.5. The van der Waals surface area contributed by atoms with Gasteiger partial charge in [-0.25, -0.2) is 8.42 Å². The maximum Gasteiger partial charge on any atom is 0.261 e. The van der Waals surface area contributed by atoms with E-state index >= 15 is 0 Å². The van der Waals surface area contributed by atoms with Crippen molar-refractivity contribution in [3.8, 4) is 5.75 Å². The van der Waals surface area contributed by atoms with Gasteiger partial charge in [-0.05, 0) is 61.9 Å². The van der Waals surface area contributed by atoms with Crippen LogP contribution < -0.4 is 14.8 Å². The summed E-state index contributed by atoms with van der Waals surface area (Å²) in [4.78, 5) is 12.6. The zero-order valence-corrected chi connectivity index (χ0v) is 18.7. The first-order valence-corrected chi connectivity index (χ1v) is 11.5. The lowest BCUT2D eigenvalue weighted by molar-refractivity contribution is 0.0951. The molecule has 0 saturated heterocycles. The van der Waals surface area contributed by atoms with Crippen LogP contribution in [0.5, 0.6) is 5.75 Å². The number of carbonyl (C=O) groups is 1. The average Bonchev–Trinajstić information content (AvgIpc) is 2.74. The molecular weight excluding hydrogens is 436 g/mol. The second-order valence-electron chi connectivity index (χ2n) is 7.11. The molecule has 0 saturated carbocycles. The molecule has 162 valence electrons. The predicted molar refractivity (Wildman–Crippen MR) is 122 cm³/mol. The van der Waals surface area contributed by atoms with Gasteiger partial charge in [-0.15, -0.1) is 0 Å². The van der Waals surface area contributed by atoms with E-state index in [1.165, 1.54) is 30.3 Å². The van der Waals surface area contributed by atoms with Crippen molar-refractivity contribution in [2.75, 3.05) is 4.72 Å². The van der Waals surface area contributed by atoms with Gasteiger partial charge in [0.25, 0.3) is 15.9 Å². The molecule has 0 aliphatic rings. The summed E-state index contributed by atoms with van der Waals surface area (Å²) in [6, 6.07) is 19.9. The molecular formula is C23H23ClN2O4S. The number of ether oxygens (including phenoxy) is 1. The first-order valence-electron chi connectivity index (χ1n) is 9.66. The molecule has 8 heteroatoms. The van der Waals surface area contributed by atoms with Crippen molar-refractivity contribution in [3.63, 3.8) is 0 Å². The number of carbonyl (C=O) groups excluding carboxylic acids is 1. The summed E-state index contributed by atoms with van der Waals surface area (Å²) in [5.74, 6) is 0.411. The van der Waals surface area contributed by atoms with Crippen LogP contribution in [0.3, 0.4) is 0 Å². The van der Waals surface area contributed by atoms with Gasteiger partial charge in [-0.1, -0.05) is 41.9 Å². The number of anilines is 1. The second-order valence-corrected chi connectivity index (χ2v) is 9.20. The third-order valence-electron chi connectivity index (χ3n) is 4.25. The Hall–Kier alpha value is -3.03. The highest BCUT2D eigenvalue weighted by Crippen LogP contribution is 2.26. The van der Waals surface area contributed by atoms with Gasteiger partial charge >= 0.3 is 0 Å². The Labute approximate surface area is 187 Å². The van der Waals surface area contributed by atoms with Gasteiger partial charge in [0.2, 0.25) is 0 Å². The molecule has 6 nitrogen and oxygen atoms in total. The lowest BCUT2D eigenvalue weighted by Crippen LogP contribution is -2.23. The number of amides is 1. The van der Waals surface area contributed by atoms with Crippen LogP contribution in [-0.4, -0.2) is 20.4 Å². The standard InChI is InChI=1S/C23H23ClN2O4S/c1-16(2)30-19-8-6-7-17(13-19)15-25-23(27)18-11-12-22(21(24)14-18)26-31(28,29)20-9-4-3-5-10-20/h3-14,16,26H,15H2,1-2H3,(H,25,27). The van der Waals surface area contributed by atoms with Gasteiger partial charge in [0.1, 0.15) is 5.75 Å². The summed E-state index contributed by atoms with van der Waals surface area (Å²) >= 11 is 6.23. The Kier molecular flexibility index (Phi) is 7.20. The molecule has 3 aromatic carbocycles. The molecule has 0 radical (unpaired) electrons. The van der Waals surface area contributed by atoms with Gasteiger partial charge in [0.15, 0.2) is 0 Å². The highest BCUT2D eigenvalue weighted by Gasteiger charge is 2.16. The maximum absolute atomic E-state index is 12.5. The molecule has 1 amide bonds. The Bertz CT molecular complexity index is 1170. The highest BCUT2D eigenvalue weighted by atomic mass is 35.5.